The average molecular weight is 1500 g/mol. The van der Waals surface area contributed by atoms with E-state index in [-0.39, 0.29) is 157 Å². The predicted octanol–water partition coefficient (Wildman–Crippen LogP) is 11.3. The second-order valence-corrected chi connectivity index (χ2v) is 39.8. The number of primary amides is 1. The Kier molecular flexibility index (Phi) is 30.8. The molecule has 0 unspecified atom stereocenters. The van der Waals surface area contributed by atoms with Crippen LogP contribution >= 0.6 is 0 Å². The summed E-state index contributed by atoms with van der Waals surface area (Å²) in [5.41, 5.74) is 8.08. The minimum Gasteiger partial charge on any atom is -0.493 e. The van der Waals surface area contributed by atoms with Crippen LogP contribution in [0.4, 0.5) is 31.4 Å². The van der Waals surface area contributed by atoms with E-state index in [9.17, 15) is 53.1 Å². The number of carbonyl (C=O) groups excluding carboxylic acids is 9. The molecule has 2 saturated heterocycles. The molecule has 0 spiro atoms. The van der Waals surface area contributed by atoms with Crippen molar-refractivity contribution in [2.75, 3.05) is 82.8 Å². The smallest absolute Gasteiger partial charge is 0.411 e. The number of unbranched alkanes of at least 4 members (excludes halogenated alkanes) is 4. The lowest BCUT2D eigenvalue weighted by molar-refractivity contribution is -0.137. The third-order valence-corrected chi connectivity index (χ3v) is 28.6. The van der Waals surface area contributed by atoms with Crippen molar-refractivity contribution in [1.29, 1.82) is 0 Å². The van der Waals surface area contributed by atoms with E-state index >= 15 is 0 Å². The molecule has 0 saturated carbocycles. The number of imide groups is 1. The van der Waals surface area contributed by atoms with Crippen molar-refractivity contribution >= 4 is 93.3 Å². The van der Waals surface area contributed by atoms with Crippen LogP contribution in [0.25, 0.3) is 0 Å². The summed E-state index contributed by atoms with van der Waals surface area (Å²) in [5, 5.41) is 25.7. The molecule has 3 aromatic rings. The van der Waals surface area contributed by atoms with Crippen LogP contribution in [0.15, 0.2) is 85.0 Å². The van der Waals surface area contributed by atoms with E-state index in [0.717, 1.165) is 16.0 Å². The highest BCUT2D eigenvalue weighted by molar-refractivity contribution is 6.74. The fourth-order valence-corrected chi connectivity index (χ4v) is 13.5. The Bertz CT molecular complexity index is 3660. The summed E-state index contributed by atoms with van der Waals surface area (Å²) in [6, 6.07) is 8.79. The van der Waals surface area contributed by atoms with Gasteiger partial charge in [0.05, 0.1) is 75.2 Å². The molecule has 9 N–H and O–H groups in total. The van der Waals surface area contributed by atoms with Crippen molar-refractivity contribution in [3.63, 3.8) is 0 Å². The number of urea groups is 1. The Labute approximate surface area is 618 Å². The number of amides is 11. The Hall–Kier alpha value is -9.27. The molecule has 4 atom stereocenters. The first-order valence-corrected chi connectivity index (χ1v) is 41.6. The molecule has 0 aliphatic carbocycles. The van der Waals surface area contributed by atoms with Gasteiger partial charge in [0, 0.05) is 62.6 Å². The molecule has 6 rings (SSSR count). The molecule has 11 amide bonds. The number of hydrogen-bond donors (Lipinski definition) is 8. The summed E-state index contributed by atoms with van der Waals surface area (Å²) in [6.45, 7) is 34.9. The highest BCUT2D eigenvalue weighted by Crippen LogP contribution is 2.42. The largest absolute Gasteiger partial charge is 0.493 e. The van der Waals surface area contributed by atoms with Gasteiger partial charge in [-0.3, -0.25) is 49.1 Å². The minimum absolute atomic E-state index is 0.0273. The number of benzene rings is 3. The van der Waals surface area contributed by atoms with Crippen LogP contribution in [0.5, 0.6) is 23.0 Å². The standard InChI is InChI=1S/C75H110N10O18Si2/c1-47(2)66(82-63(86)25-19-17-20-33-83-64(87)30-31-65(83)88)68(90)79-56(24-23-32-77-71(76)93)67(89)78-51-28-26-50(27-29-51)44-101-73(96)81-58-41-62(60(98-12)39-55(58)70(92)85-43-49(4)37-53(85)46-103-105(15,16)75(8,9)10)100-35-22-18-21-34-99-61-40-57(80-72(94)95)54(38-59(61)97-11)69(91)84-42-48(3)36-52(84)45-102-104(13,14)74(5,6)7/h26-31,38-41,47,52-53,56,66,80H,3-4,17-25,32-37,42-46H2,1-2,5-16H3,(H,78,89)(H,79,90)(H,81,96)(H,82,86)(H,94,95)(H3,76,77,93)/t52-,53-,56-,66-/m0/s1. The highest BCUT2D eigenvalue weighted by atomic mass is 28.4. The van der Waals surface area contributed by atoms with E-state index in [4.69, 9.17) is 38.3 Å². The molecule has 3 heterocycles. The number of carbonyl (C=O) groups is 10. The summed E-state index contributed by atoms with van der Waals surface area (Å²) in [6.07, 6.45) is 4.73. The third kappa shape index (κ3) is 24.7. The van der Waals surface area contributed by atoms with E-state index in [1.54, 1.807) is 47.9 Å². The zero-order valence-corrected chi connectivity index (χ0v) is 65.5. The van der Waals surface area contributed by atoms with Crippen LogP contribution in [-0.2, 0) is 44.2 Å². The van der Waals surface area contributed by atoms with Gasteiger partial charge in [0.1, 0.15) is 18.7 Å². The Balaban J connectivity index is 1.11. The lowest BCUT2D eigenvalue weighted by Gasteiger charge is -2.38. The maximum Gasteiger partial charge on any atom is 0.411 e. The summed E-state index contributed by atoms with van der Waals surface area (Å²) in [4.78, 5) is 136. The number of anilines is 3. The van der Waals surface area contributed by atoms with Gasteiger partial charge in [-0.2, -0.15) is 0 Å². The van der Waals surface area contributed by atoms with Gasteiger partial charge < -0.3 is 74.4 Å². The topological polar surface area (TPSA) is 363 Å². The molecule has 0 aromatic heterocycles. The van der Waals surface area contributed by atoms with E-state index < -0.39 is 76.5 Å². The SMILES string of the molecule is C=C1C[C@@H](CO[Si](C)(C)C(C)(C)C)N(C(=O)c2cc(OC)c(OCCCCCOc3cc(NC(=O)OCc4ccc(NC(=O)[C@H](CCCNC(N)=O)NC(=O)[C@@H](NC(=O)CCCCCN5C(=O)C=CC5=O)C(C)C)cc4)c(C(=O)N4CC(=C)C[C@H]4CO[Si](C)(C)C(C)(C)C)cc3OC)cc2NC(=O)O)C1. The van der Waals surface area contributed by atoms with Crippen LogP contribution in [0.2, 0.25) is 36.3 Å². The third-order valence-electron chi connectivity index (χ3n) is 19.6. The predicted molar refractivity (Wildman–Crippen MR) is 405 cm³/mol. The van der Waals surface area contributed by atoms with Gasteiger partial charge in [-0.15, -0.1) is 0 Å². The number of nitrogens with zero attached hydrogens (tertiary/aromatic N) is 3. The maximum atomic E-state index is 14.9. The van der Waals surface area contributed by atoms with E-state index in [0.29, 0.717) is 69.2 Å². The number of rotatable bonds is 38. The van der Waals surface area contributed by atoms with E-state index in [2.05, 4.69) is 113 Å². The van der Waals surface area contributed by atoms with Crippen molar-refractivity contribution in [1.82, 2.24) is 30.7 Å². The second kappa shape index (κ2) is 38.1. The number of ether oxygens (including phenoxy) is 5. The Morgan fingerprint density at radius 1 is 0.638 bits per heavy atom. The number of nitrogens with one attached hydrogen (secondary N) is 6. The maximum absolute atomic E-state index is 14.9. The fraction of sp³-hybridized carbons (Fsp3) is 0.547. The molecule has 30 heteroatoms. The van der Waals surface area contributed by atoms with Gasteiger partial charge in [-0.25, -0.2) is 14.4 Å². The van der Waals surface area contributed by atoms with E-state index in [1.165, 1.54) is 50.6 Å². The lowest BCUT2D eigenvalue weighted by atomic mass is 10.0. The monoisotopic (exact) mass is 1490 g/mol. The zero-order chi connectivity index (χ0) is 77.7. The lowest BCUT2D eigenvalue weighted by Crippen LogP contribution is -2.54. The first kappa shape index (κ1) is 84.7. The molecule has 3 aliphatic heterocycles. The molecule has 3 aromatic carbocycles. The molecule has 3 aliphatic rings. The summed E-state index contributed by atoms with van der Waals surface area (Å²) in [7, 11) is -1.54. The van der Waals surface area contributed by atoms with Crippen LogP contribution in [0.1, 0.15) is 152 Å². The molecule has 576 valence electrons. The Morgan fingerprint density at radius 3 is 1.60 bits per heavy atom. The molecule has 0 bridgehead atoms. The van der Waals surface area contributed by atoms with E-state index in [1.807, 2.05) is 0 Å². The Morgan fingerprint density at radius 2 is 1.13 bits per heavy atom. The summed E-state index contributed by atoms with van der Waals surface area (Å²) in [5.74, 6) is -2.67. The first-order valence-electron chi connectivity index (χ1n) is 35.8. The minimum atomic E-state index is -2.25. The highest BCUT2D eigenvalue weighted by Gasteiger charge is 2.43. The van der Waals surface area contributed by atoms with Crippen LogP contribution in [0, 0.1) is 5.92 Å². The average Bonchev–Trinajstić information content (AvgIpc) is 1.76. The molecule has 0 radical (unpaired) electrons. The molecule has 28 nitrogen and oxygen atoms in total. The first-order chi connectivity index (χ1) is 49.3. The number of hydrogen-bond acceptors (Lipinski definition) is 17. The second-order valence-electron chi connectivity index (χ2n) is 30.2. The zero-order valence-electron chi connectivity index (χ0n) is 63.5. The van der Waals surface area contributed by atoms with Crippen LogP contribution in [0.3, 0.4) is 0 Å². The fourth-order valence-electron chi connectivity index (χ4n) is 11.4. The summed E-state index contributed by atoms with van der Waals surface area (Å²) < 4.78 is 42.9. The van der Waals surface area contributed by atoms with Gasteiger partial charge in [-0.05, 0) is 130 Å². The van der Waals surface area contributed by atoms with Crippen molar-refractivity contribution in [3.8, 4) is 23.0 Å². The number of nitrogens with two attached hydrogens (primary N) is 1. The van der Waals surface area contributed by atoms with Gasteiger partial charge in [0.15, 0.2) is 39.6 Å². The van der Waals surface area contributed by atoms with Gasteiger partial charge in [0.2, 0.25) is 17.7 Å². The van der Waals surface area contributed by atoms with Gasteiger partial charge in [0.25, 0.3) is 23.6 Å². The molecule has 2 fully saturated rings. The number of carboxylic acid groups (broad SMARTS) is 1. The number of methoxy groups -OCH3 is 2. The van der Waals surface area contributed by atoms with Crippen molar-refractivity contribution in [3.05, 3.63) is 102 Å². The molecule has 105 heavy (non-hydrogen) atoms. The molecular weight excluding hydrogens is 1390 g/mol. The van der Waals surface area contributed by atoms with Crippen LogP contribution in [-0.4, -0.2) is 187 Å². The normalized spacial score (nSPS) is 16.0. The van der Waals surface area contributed by atoms with Gasteiger partial charge in [-0.1, -0.05) is 98.2 Å². The van der Waals surface area contributed by atoms with Crippen molar-refractivity contribution in [2.24, 2.45) is 11.7 Å². The number of likely N-dealkylation sites (tertiary alicyclic amines) is 2. The summed E-state index contributed by atoms with van der Waals surface area (Å²) >= 11 is 0. The quantitative estimate of drug-likeness (QED) is 0.0114. The molecular formula is C75H110N10O18Si2. The van der Waals surface area contributed by atoms with Crippen molar-refractivity contribution < 1.29 is 85.6 Å². The van der Waals surface area contributed by atoms with Gasteiger partial charge >= 0.3 is 18.2 Å². The van der Waals surface area contributed by atoms with Crippen LogP contribution < -0.4 is 56.6 Å². The van der Waals surface area contributed by atoms with Crippen molar-refractivity contribution in [2.45, 2.75) is 193 Å².